The molecule has 0 aromatic rings. The molecule has 0 aromatic heterocycles. The van der Waals surface area contributed by atoms with Crippen LogP contribution in [0.5, 0.6) is 0 Å². The van der Waals surface area contributed by atoms with Crippen molar-refractivity contribution < 1.29 is 0 Å². The maximum Gasteiger partial charge on any atom is -0.0348 e. The van der Waals surface area contributed by atoms with Gasteiger partial charge in [-0.25, -0.2) is 0 Å². The molecule has 0 fully saturated rings. The van der Waals surface area contributed by atoms with E-state index in [9.17, 15) is 0 Å². The van der Waals surface area contributed by atoms with Gasteiger partial charge in [0, 0.05) is 0 Å². The Morgan fingerprint density at radius 2 is 1.05 bits per heavy atom. The van der Waals surface area contributed by atoms with E-state index in [0.29, 0.717) is 0 Å². The van der Waals surface area contributed by atoms with Crippen LogP contribution in [0.4, 0.5) is 0 Å². The summed E-state index contributed by atoms with van der Waals surface area (Å²) in [6.07, 6.45) is 30.5. The number of unbranched alkanes of at least 4 members (excludes halogenated alkanes) is 11. The maximum absolute atomic E-state index is 5.23. The molecule has 0 atom stereocenters. The molecule has 1 radical (unpaired) electrons. The summed E-state index contributed by atoms with van der Waals surface area (Å²) in [6.45, 7) is 7.51. The van der Waals surface area contributed by atoms with Crippen molar-refractivity contribution in [2.45, 2.75) is 84.0 Å². The van der Waals surface area contributed by atoms with Crippen LogP contribution in [0.1, 0.15) is 84.0 Å². The molecular weight excluding hydrogens is 252 g/mol. The first-order chi connectivity index (χ1) is 10.4. The van der Waals surface area contributed by atoms with Gasteiger partial charge in [-0.05, 0) is 12.8 Å². The molecule has 0 nitrogen and oxygen atoms in total. The summed E-state index contributed by atoms with van der Waals surface area (Å²) in [4.78, 5) is 0. The van der Waals surface area contributed by atoms with Crippen LogP contribution < -0.4 is 0 Å². The van der Waals surface area contributed by atoms with E-state index in [1.54, 1.807) is 6.08 Å². The third-order valence-electron chi connectivity index (χ3n) is 3.67. The number of hydrogen-bond donors (Lipinski definition) is 0. The van der Waals surface area contributed by atoms with Gasteiger partial charge in [0.2, 0.25) is 0 Å². The zero-order valence-electron chi connectivity index (χ0n) is 14.1. The highest BCUT2D eigenvalue weighted by Gasteiger charge is 1.92. The minimum absolute atomic E-state index is 1.20. The van der Waals surface area contributed by atoms with Gasteiger partial charge >= 0.3 is 0 Å². The standard InChI is InChI=1S/C21H35/c1-3-5-7-9-11-13-15-17-19-21-20-18-16-14-12-10-8-6-4-2/h1,3,5,7,9,11,13,15H,4,6,8,10,12,14,16-21H2,2H3/b3-1?,7-5+,11-9+,15-13+. The summed E-state index contributed by atoms with van der Waals surface area (Å²) in [6, 6.07) is 0. The van der Waals surface area contributed by atoms with Crippen molar-refractivity contribution in [2.24, 2.45) is 0 Å². The molecule has 0 amide bonds. The maximum atomic E-state index is 5.23. The average Bonchev–Trinajstić information content (AvgIpc) is 2.50. The van der Waals surface area contributed by atoms with Gasteiger partial charge in [-0.1, -0.05) is 120 Å². The van der Waals surface area contributed by atoms with Crippen molar-refractivity contribution in [3.8, 4) is 0 Å². The molecule has 0 saturated heterocycles. The van der Waals surface area contributed by atoms with Crippen LogP contribution in [0.15, 0.2) is 42.5 Å². The molecule has 0 unspecified atom stereocenters. The van der Waals surface area contributed by atoms with E-state index < -0.39 is 0 Å². The van der Waals surface area contributed by atoms with Gasteiger partial charge in [0.1, 0.15) is 0 Å². The first kappa shape index (κ1) is 20.0. The Balaban J connectivity index is 3.15. The summed E-state index contributed by atoms with van der Waals surface area (Å²) in [5.74, 6) is 0. The second kappa shape index (κ2) is 19.0. The molecule has 0 N–H and O–H groups in total. The van der Waals surface area contributed by atoms with E-state index in [0.717, 1.165) is 0 Å². The topological polar surface area (TPSA) is 0 Å². The Morgan fingerprint density at radius 3 is 1.62 bits per heavy atom. The van der Waals surface area contributed by atoms with Gasteiger partial charge in [-0.3, -0.25) is 0 Å². The van der Waals surface area contributed by atoms with Gasteiger partial charge in [0.15, 0.2) is 0 Å². The van der Waals surface area contributed by atoms with Gasteiger partial charge in [0.25, 0.3) is 0 Å². The number of allylic oxidation sites excluding steroid dienone is 7. The molecule has 0 spiro atoms. The summed E-state index contributed by atoms with van der Waals surface area (Å²) < 4.78 is 0. The predicted molar refractivity (Wildman–Crippen MR) is 97.4 cm³/mol. The van der Waals surface area contributed by atoms with E-state index >= 15 is 0 Å². The van der Waals surface area contributed by atoms with Crippen molar-refractivity contribution in [1.29, 1.82) is 0 Å². The van der Waals surface area contributed by atoms with E-state index in [4.69, 9.17) is 6.58 Å². The Bertz CT molecular complexity index is 280. The third kappa shape index (κ3) is 19.0. The summed E-state index contributed by atoms with van der Waals surface area (Å²) in [7, 11) is 0. The minimum atomic E-state index is 1.20. The Labute approximate surface area is 133 Å². The minimum Gasteiger partial charge on any atom is -0.0845 e. The molecule has 0 aromatic carbocycles. The predicted octanol–water partition coefficient (Wildman–Crippen LogP) is 7.35. The molecule has 0 saturated carbocycles. The largest absolute Gasteiger partial charge is 0.0845 e. The van der Waals surface area contributed by atoms with Crippen molar-refractivity contribution in [2.75, 3.05) is 0 Å². The molecule has 0 rings (SSSR count). The van der Waals surface area contributed by atoms with Gasteiger partial charge in [0.05, 0.1) is 0 Å². The van der Waals surface area contributed by atoms with Crippen LogP contribution in [0, 0.1) is 6.58 Å². The highest BCUT2D eigenvalue weighted by molar-refractivity contribution is 5.13. The lowest BCUT2D eigenvalue weighted by Crippen LogP contribution is -1.81. The van der Waals surface area contributed by atoms with Gasteiger partial charge in [-0.15, -0.1) is 0 Å². The fourth-order valence-electron chi connectivity index (χ4n) is 2.36. The summed E-state index contributed by atoms with van der Waals surface area (Å²) in [5, 5.41) is 0. The molecule has 0 heterocycles. The molecular formula is C21H35. The smallest absolute Gasteiger partial charge is 0.0348 e. The van der Waals surface area contributed by atoms with Crippen molar-refractivity contribution in [3.05, 3.63) is 49.1 Å². The Morgan fingerprint density at radius 1 is 0.571 bits per heavy atom. The molecule has 0 aliphatic rings. The normalized spacial score (nSPS) is 12.0. The summed E-state index contributed by atoms with van der Waals surface area (Å²) >= 11 is 0. The Kier molecular flexibility index (Phi) is 18.0. The highest BCUT2D eigenvalue weighted by Crippen LogP contribution is 2.11. The first-order valence-electron chi connectivity index (χ1n) is 8.95. The molecule has 0 heteroatoms. The lowest BCUT2D eigenvalue weighted by atomic mass is 10.1. The molecule has 0 aliphatic heterocycles. The quantitative estimate of drug-likeness (QED) is 0.218. The number of rotatable bonds is 15. The van der Waals surface area contributed by atoms with Crippen molar-refractivity contribution in [1.82, 2.24) is 0 Å². The average molecular weight is 288 g/mol. The van der Waals surface area contributed by atoms with E-state index in [1.807, 2.05) is 18.2 Å². The lowest BCUT2D eigenvalue weighted by Gasteiger charge is -2.01. The molecule has 0 bridgehead atoms. The zero-order valence-corrected chi connectivity index (χ0v) is 14.1. The molecule has 0 aliphatic carbocycles. The fraction of sp³-hybridized carbons (Fsp3) is 0.619. The SMILES string of the molecule is [CH]=C/C=C/C=C/C=C/CCCCCCCCCCCCC. The lowest BCUT2D eigenvalue weighted by molar-refractivity contribution is 0.550. The fourth-order valence-corrected chi connectivity index (χ4v) is 2.36. The Hall–Kier alpha value is -1.04. The van der Waals surface area contributed by atoms with Crippen LogP contribution in [0.25, 0.3) is 0 Å². The van der Waals surface area contributed by atoms with Crippen LogP contribution in [0.2, 0.25) is 0 Å². The van der Waals surface area contributed by atoms with Crippen LogP contribution in [-0.4, -0.2) is 0 Å². The van der Waals surface area contributed by atoms with E-state index in [1.165, 1.54) is 77.0 Å². The monoisotopic (exact) mass is 287 g/mol. The van der Waals surface area contributed by atoms with Crippen LogP contribution in [-0.2, 0) is 0 Å². The van der Waals surface area contributed by atoms with Crippen molar-refractivity contribution in [3.63, 3.8) is 0 Å². The zero-order chi connectivity index (χ0) is 15.4. The molecule has 21 heavy (non-hydrogen) atoms. The summed E-state index contributed by atoms with van der Waals surface area (Å²) in [5.41, 5.74) is 0. The van der Waals surface area contributed by atoms with Crippen molar-refractivity contribution >= 4 is 0 Å². The highest BCUT2D eigenvalue weighted by atomic mass is 14.0. The first-order valence-corrected chi connectivity index (χ1v) is 8.95. The number of hydrogen-bond acceptors (Lipinski definition) is 0. The van der Waals surface area contributed by atoms with Gasteiger partial charge in [-0.2, -0.15) is 0 Å². The second-order valence-corrected chi connectivity index (χ2v) is 5.71. The van der Waals surface area contributed by atoms with Crippen LogP contribution in [0.3, 0.4) is 0 Å². The van der Waals surface area contributed by atoms with E-state index in [-0.39, 0.29) is 0 Å². The molecule has 119 valence electrons. The second-order valence-electron chi connectivity index (χ2n) is 5.71. The van der Waals surface area contributed by atoms with Crippen LogP contribution >= 0.6 is 0 Å². The van der Waals surface area contributed by atoms with Gasteiger partial charge < -0.3 is 0 Å². The van der Waals surface area contributed by atoms with E-state index in [2.05, 4.69) is 25.2 Å². The third-order valence-corrected chi connectivity index (χ3v) is 3.67.